The van der Waals surface area contributed by atoms with E-state index in [9.17, 15) is 0 Å². The lowest BCUT2D eigenvalue weighted by Crippen LogP contribution is -2.44. The number of benzene rings is 1. The van der Waals surface area contributed by atoms with Gasteiger partial charge in [-0.2, -0.15) is 0 Å². The molecular weight excluding hydrogens is 208 g/mol. The van der Waals surface area contributed by atoms with Gasteiger partial charge in [-0.1, -0.05) is 26.0 Å². The van der Waals surface area contributed by atoms with E-state index in [2.05, 4.69) is 55.0 Å². The third-order valence-electron chi connectivity index (χ3n) is 3.92. The Balaban J connectivity index is 2.10. The first-order valence-electron chi connectivity index (χ1n) is 6.74. The van der Waals surface area contributed by atoms with E-state index in [0.29, 0.717) is 5.92 Å². The Morgan fingerprint density at radius 1 is 1.18 bits per heavy atom. The topological polar surface area (TPSA) is 6.48 Å². The van der Waals surface area contributed by atoms with E-state index in [0.717, 1.165) is 13.1 Å². The van der Waals surface area contributed by atoms with Crippen LogP contribution in [-0.4, -0.2) is 38.1 Å². The van der Waals surface area contributed by atoms with Gasteiger partial charge in [-0.25, -0.2) is 0 Å². The minimum atomic E-state index is 0.669. The fraction of sp³-hybridized carbons (Fsp3) is 0.600. The van der Waals surface area contributed by atoms with Gasteiger partial charge in [0.2, 0.25) is 0 Å². The monoisotopic (exact) mass is 232 g/mol. The first-order valence-corrected chi connectivity index (χ1v) is 6.74. The normalized spacial score (nSPS) is 19.4. The van der Waals surface area contributed by atoms with Crippen molar-refractivity contribution < 1.29 is 0 Å². The second-order valence-corrected chi connectivity index (χ2v) is 5.19. The second-order valence-electron chi connectivity index (χ2n) is 5.19. The van der Waals surface area contributed by atoms with Crippen molar-refractivity contribution in [3.63, 3.8) is 0 Å². The molecule has 0 saturated carbocycles. The average molecular weight is 232 g/mol. The molecule has 0 aliphatic carbocycles. The zero-order chi connectivity index (χ0) is 12.3. The first-order chi connectivity index (χ1) is 8.20. The summed E-state index contributed by atoms with van der Waals surface area (Å²) in [6, 6.07) is 9.08. The van der Waals surface area contributed by atoms with Crippen LogP contribution in [0.4, 0.5) is 5.69 Å². The number of hydrogen-bond acceptors (Lipinski definition) is 2. The molecular formula is C15H24N2. The summed E-state index contributed by atoms with van der Waals surface area (Å²) in [6.07, 6.45) is 1.21. The summed E-state index contributed by atoms with van der Waals surface area (Å²) in [5.41, 5.74) is 2.87. The van der Waals surface area contributed by atoms with Crippen molar-refractivity contribution in [1.82, 2.24) is 4.90 Å². The van der Waals surface area contributed by atoms with Gasteiger partial charge in [0.1, 0.15) is 0 Å². The van der Waals surface area contributed by atoms with Crippen molar-refractivity contribution in [1.29, 1.82) is 0 Å². The zero-order valence-corrected chi connectivity index (χ0v) is 11.3. The van der Waals surface area contributed by atoms with Gasteiger partial charge < -0.3 is 9.80 Å². The first kappa shape index (κ1) is 12.4. The SMILES string of the molecule is CCC(C)c1cccc(N2CCN(C)CC2)c1. The molecule has 0 amide bonds. The predicted molar refractivity (Wildman–Crippen MR) is 74.9 cm³/mol. The van der Waals surface area contributed by atoms with E-state index in [-0.39, 0.29) is 0 Å². The van der Waals surface area contributed by atoms with Crippen LogP contribution in [0.25, 0.3) is 0 Å². The van der Waals surface area contributed by atoms with Gasteiger partial charge in [0.15, 0.2) is 0 Å². The number of hydrogen-bond donors (Lipinski definition) is 0. The lowest BCUT2D eigenvalue weighted by atomic mass is 9.98. The average Bonchev–Trinajstić information content (AvgIpc) is 2.39. The highest BCUT2D eigenvalue weighted by Gasteiger charge is 2.14. The molecule has 0 spiro atoms. The number of piperazine rings is 1. The summed E-state index contributed by atoms with van der Waals surface area (Å²) in [5, 5.41) is 0. The maximum absolute atomic E-state index is 2.51. The fourth-order valence-corrected chi connectivity index (χ4v) is 2.33. The quantitative estimate of drug-likeness (QED) is 0.790. The van der Waals surface area contributed by atoms with Gasteiger partial charge in [-0.05, 0) is 37.1 Å². The Hall–Kier alpha value is -1.02. The Morgan fingerprint density at radius 2 is 1.88 bits per heavy atom. The van der Waals surface area contributed by atoms with E-state index in [1.54, 1.807) is 0 Å². The molecule has 17 heavy (non-hydrogen) atoms. The number of likely N-dealkylation sites (N-methyl/N-ethyl adjacent to an activating group) is 1. The Bertz CT molecular complexity index is 354. The minimum absolute atomic E-state index is 0.669. The van der Waals surface area contributed by atoms with Crippen molar-refractivity contribution in [3.8, 4) is 0 Å². The molecule has 0 aromatic heterocycles. The minimum Gasteiger partial charge on any atom is -0.369 e. The van der Waals surface area contributed by atoms with Crippen molar-refractivity contribution in [3.05, 3.63) is 29.8 Å². The molecule has 2 nitrogen and oxygen atoms in total. The molecule has 1 atom stereocenters. The molecule has 2 rings (SSSR count). The lowest BCUT2D eigenvalue weighted by Gasteiger charge is -2.34. The van der Waals surface area contributed by atoms with Crippen molar-refractivity contribution in [2.24, 2.45) is 0 Å². The fourth-order valence-electron chi connectivity index (χ4n) is 2.33. The van der Waals surface area contributed by atoms with E-state index in [1.807, 2.05) is 0 Å². The van der Waals surface area contributed by atoms with Crippen LogP contribution < -0.4 is 4.90 Å². The van der Waals surface area contributed by atoms with Crippen molar-refractivity contribution in [2.45, 2.75) is 26.2 Å². The summed E-state index contributed by atoms with van der Waals surface area (Å²) in [4.78, 5) is 4.90. The number of nitrogens with zero attached hydrogens (tertiary/aromatic N) is 2. The van der Waals surface area contributed by atoms with E-state index >= 15 is 0 Å². The van der Waals surface area contributed by atoms with Crippen LogP contribution >= 0.6 is 0 Å². The van der Waals surface area contributed by atoms with E-state index in [4.69, 9.17) is 0 Å². The zero-order valence-electron chi connectivity index (χ0n) is 11.3. The number of rotatable bonds is 3. The third kappa shape index (κ3) is 3.01. The molecule has 1 aromatic rings. The maximum atomic E-state index is 2.51. The molecule has 2 heteroatoms. The summed E-state index contributed by atoms with van der Waals surface area (Å²) >= 11 is 0. The molecule has 0 bridgehead atoms. The van der Waals surface area contributed by atoms with E-state index in [1.165, 1.54) is 30.8 Å². The van der Waals surface area contributed by atoms with Crippen molar-refractivity contribution >= 4 is 5.69 Å². The maximum Gasteiger partial charge on any atom is 0.0369 e. The highest BCUT2D eigenvalue weighted by molar-refractivity contribution is 5.49. The largest absolute Gasteiger partial charge is 0.369 e. The Kier molecular flexibility index (Phi) is 4.06. The molecule has 0 radical (unpaired) electrons. The van der Waals surface area contributed by atoms with Crippen LogP contribution in [-0.2, 0) is 0 Å². The van der Waals surface area contributed by atoms with Gasteiger partial charge in [-0.3, -0.25) is 0 Å². The molecule has 0 N–H and O–H groups in total. The second kappa shape index (κ2) is 5.54. The van der Waals surface area contributed by atoms with E-state index < -0.39 is 0 Å². The van der Waals surface area contributed by atoms with Crippen molar-refractivity contribution in [2.75, 3.05) is 38.1 Å². The molecule has 94 valence electrons. The van der Waals surface area contributed by atoms with Gasteiger partial charge in [0.05, 0.1) is 0 Å². The molecule has 1 heterocycles. The van der Waals surface area contributed by atoms with Crippen LogP contribution in [0.1, 0.15) is 31.7 Å². The smallest absolute Gasteiger partial charge is 0.0369 e. The van der Waals surface area contributed by atoms with Crippen LogP contribution in [0.2, 0.25) is 0 Å². The third-order valence-corrected chi connectivity index (χ3v) is 3.92. The highest BCUT2D eigenvalue weighted by atomic mass is 15.2. The van der Waals surface area contributed by atoms with Gasteiger partial charge >= 0.3 is 0 Å². The van der Waals surface area contributed by atoms with Gasteiger partial charge in [0.25, 0.3) is 0 Å². The predicted octanol–water partition coefficient (Wildman–Crippen LogP) is 2.95. The number of anilines is 1. The Morgan fingerprint density at radius 3 is 2.53 bits per heavy atom. The van der Waals surface area contributed by atoms with Crippen LogP contribution in [0.5, 0.6) is 0 Å². The van der Waals surface area contributed by atoms with Crippen LogP contribution in [0, 0.1) is 0 Å². The molecule has 1 aliphatic rings. The molecule has 1 fully saturated rings. The summed E-state index contributed by atoms with van der Waals surface area (Å²) in [7, 11) is 2.20. The molecule has 1 aliphatic heterocycles. The lowest BCUT2D eigenvalue weighted by molar-refractivity contribution is 0.313. The summed E-state index contributed by atoms with van der Waals surface area (Å²) in [6.45, 7) is 9.22. The standard InChI is InChI=1S/C15H24N2/c1-4-13(2)14-6-5-7-15(12-14)17-10-8-16(3)9-11-17/h5-7,12-13H,4,8-11H2,1-3H3. The van der Waals surface area contributed by atoms with Gasteiger partial charge in [0, 0.05) is 31.9 Å². The van der Waals surface area contributed by atoms with Crippen LogP contribution in [0.3, 0.4) is 0 Å². The summed E-state index contributed by atoms with van der Waals surface area (Å²) < 4.78 is 0. The molecule has 1 saturated heterocycles. The van der Waals surface area contributed by atoms with Gasteiger partial charge in [-0.15, -0.1) is 0 Å². The molecule has 1 unspecified atom stereocenters. The molecule has 1 aromatic carbocycles. The van der Waals surface area contributed by atoms with Crippen LogP contribution in [0.15, 0.2) is 24.3 Å². The Labute approximate surface area is 105 Å². The highest BCUT2D eigenvalue weighted by Crippen LogP contribution is 2.24. The summed E-state index contributed by atoms with van der Waals surface area (Å²) in [5.74, 6) is 0.669.